The Morgan fingerprint density at radius 1 is 1.32 bits per heavy atom. The molecule has 0 spiro atoms. The SMILES string of the molecule is CCN(c1cccc(C#N)c1)C1CC2CCC(C1)N2. The Morgan fingerprint density at radius 3 is 2.68 bits per heavy atom. The molecule has 2 atom stereocenters. The summed E-state index contributed by atoms with van der Waals surface area (Å²) in [5.41, 5.74) is 1.96. The molecule has 3 heteroatoms. The summed E-state index contributed by atoms with van der Waals surface area (Å²) in [5.74, 6) is 0. The quantitative estimate of drug-likeness (QED) is 0.902. The van der Waals surface area contributed by atoms with Gasteiger partial charge in [0.1, 0.15) is 0 Å². The van der Waals surface area contributed by atoms with Crippen molar-refractivity contribution >= 4 is 5.69 Å². The van der Waals surface area contributed by atoms with Crippen molar-refractivity contribution in [2.24, 2.45) is 0 Å². The standard InChI is InChI=1S/C16H21N3/c1-2-19(15-5-3-4-12(8-15)11-17)16-9-13-6-7-14(10-16)18-13/h3-5,8,13-14,16,18H,2,6-7,9-10H2,1H3. The Kier molecular flexibility index (Phi) is 3.44. The lowest BCUT2D eigenvalue weighted by atomic mass is 9.97. The van der Waals surface area contributed by atoms with E-state index in [-0.39, 0.29) is 0 Å². The minimum absolute atomic E-state index is 0.623. The van der Waals surface area contributed by atoms with Gasteiger partial charge in [0.2, 0.25) is 0 Å². The van der Waals surface area contributed by atoms with E-state index in [1.165, 1.54) is 31.4 Å². The summed E-state index contributed by atoms with van der Waals surface area (Å²) in [4.78, 5) is 2.48. The van der Waals surface area contributed by atoms with Gasteiger partial charge in [-0.15, -0.1) is 0 Å². The summed E-state index contributed by atoms with van der Waals surface area (Å²) in [7, 11) is 0. The van der Waals surface area contributed by atoms with E-state index >= 15 is 0 Å². The Bertz CT molecular complexity index is 479. The van der Waals surface area contributed by atoms with Gasteiger partial charge >= 0.3 is 0 Å². The van der Waals surface area contributed by atoms with Gasteiger partial charge in [0.05, 0.1) is 11.6 Å². The van der Waals surface area contributed by atoms with Crippen LogP contribution in [0.25, 0.3) is 0 Å². The molecular formula is C16H21N3. The number of hydrogen-bond donors (Lipinski definition) is 1. The molecule has 2 unspecified atom stereocenters. The molecule has 2 heterocycles. The molecule has 100 valence electrons. The molecule has 0 aliphatic carbocycles. The second kappa shape index (κ2) is 5.22. The van der Waals surface area contributed by atoms with Crippen molar-refractivity contribution in [1.82, 2.24) is 5.32 Å². The van der Waals surface area contributed by atoms with E-state index in [0.717, 1.165) is 12.1 Å². The van der Waals surface area contributed by atoms with Gasteiger partial charge in [0.25, 0.3) is 0 Å². The van der Waals surface area contributed by atoms with Crippen LogP contribution in [-0.2, 0) is 0 Å². The predicted octanol–water partition coefficient (Wildman–Crippen LogP) is 2.67. The molecule has 3 nitrogen and oxygen atoms in total. The summed E-state index contributed by atoms with van der Waals surface area (Å²) in [5, 5.41) is 12.7. The molecule has 1 aromatic rings. The zero-order valence-corrected chi connectivity index (χ0v) is 11.5. The molecule has 1 N–H and O–H groups in total. The van der Waals surface area contributed by atoms with Gasteiger partial charge in [0, 0.05) is 30.4 Å². The van der Waals surface area contributed by atoms with Gasteiger partial charge in [-0.25, -0.2) is 0 Å². The van der Waals surface area contributed by atoms with Gasteiger partial charge in [0.15, 0.2) is 0 Å². The van der Waals surface area contributed by atoms with E-state index in [2.05, 4.69) is 29.3 Å². The van der Waals surface area contributed by atoms with Crippen molar-refractivity contribution < 1.29 is 0 Å². The van der Waals surface area contributed by atoms with E-state index in [0.29, 0.717) is 18.1 Å². The first-order chi connectivity index (χ1) is 9.30. The number of benzene rings is 1. The molecule has 0 radical (unpaired) electrons. The van der Waals surface area contributed by atoms with Crippen LogP contribution in [0, 0.1) is 11.3 Å². The molecule has 2 saturated heterocycles. The maximum absolute atomic E-state index is 9.04. The Morgan fingerprint density at radius 2 is 2.05 bits per heavy atom. The number of rotatable bonds is 3. The van der Waals surface area contributed by atoms with Gasteiger partial charge in [-0.2, -0.15) is 5.26 Å². The van der Waals surface area contributed by atoms with Crippen molar-refractivity contribution in [2.45, 2.75) is 50.7 Å². The number of nitrogens with zero attached hydrogens (tertiary/aromatic N) is 2. The van der Waals surface area contributed by atoms with Crippen molar-refractivity contribution in [3.63, 3.8) is 0 Å². The van der Waals surface area contributed by atoms with E-state index in [1.807, 2.05) is 18.2 Å². The zero-order valence-electron chi connectivity index (χ0n) is 11.5. The number of hydrogen-bond acceptors (Lipinski definition) is 3. The van der Waals surface area contributed by atoms with E-state index in [4.69, 9.17) is 5.26 Å². The Labute approximate surface area is 115 Å². The average Bonchev–Trinajstić information content (AvgIpc) is 2.79. The molecule has 19 heavy (non-hydrogen) atoms. The van der Waals surface area contributed by atoms with E-state index in [9.17, 15) is 0 Å². The second-order valence-electron chi connectivity index (χ2n) is 5.71. The number of nitrogens with one attached hydrogen (secondary N) is 1. The Balaban J connectivity index is 1.82. The lowest BCUT2D eigenvalue weighted by molar-refractivity contribution is 0.349. The highest BCUT2D eigenvalue weighted by molar-refractivity contribution is 5.52. The van der Waals surface area contributed by atoms with Gasteiger partial charge in [-0.05, 0) is 50.8 Å². The molecule has 2 aliphatic heterocycles. The van der Waals surface area contributed by atoms with Crippen LogP contribution in [-0.4, -0.2) is 24.7 Å². The monoisotopic (exact) mass is 255 g/mol. The van der Waals surface area contributed by atoms with Crippen LogP contribution in [0.4, 0.5) is 5.69 Å². The van der Waals surface area contributed by atoms with Crippen molar-refractivity contribution in [3.8, 4) is 6.07 Å². The first kappa shape index (κ1) is 12.5. The van der Waals surface area contributed by atoms with E-state index < -0.39 is 0 Å². The maximum atomic E-state index is 9.04. The Hall–Kier alpha value is -1.53. The lowest BCUT2D eigenvalue weighted by Gasteiger charge is -2.38. The molecule has 0 saturated carbocycles. The van der Waals surface area contributed by atoms with Crippen LogP contribution in [0.3, 0.4) is 0 Å². The van der Waals surface area contributed by atoms with Crippen LogP contribution in [0.2, 0.25) is 0 Å². The normalized spacial score (nSPS) is 28.9. The van der Waals surface area contributed by atoms with Crippen LogP contribution in [0.1, 0.15) is 38.2 Å². The molecule has 0 amide bonds. The van der Waals surface area contributed by atoms with Crippen molar-refractivity contribution in [3.05, 3.63) is 29.8 Å². The van der Waals surface area contributed by atoms with Crippen LogP contribution in [0.5, 0.6) is 0 Å². The third kappa shape index (κ3) is 2.46. The average molecular weight is 255 g/mol. The van der Waals surface area contributed by atoms with Crippen molar-refractivity contribution in [2.75, 3.05) is 11.4 Å². The maximum Gasteiger partial charge on any atom is 0.0992 e. The highest BCUT2D eigenvalue weighted by Crippen LogP contribution is 2.32. The number of piperidine rings is 1. The fourth-order valence-corrected chi connectivity index (χ4v) is 3.69. The summed E-state index contributed by atoms with van der Waals surface area (Å²) in [6.45, 7) is 3.22. The third-order valence-corrected chi connectivity index (χ3v) is 4.54. The number of fused-ring (bicyclic) bond motifs is 2. The topological polar surface area (TPSA) is 39.1 Å². The van der Waals surface area contributed by atoms with Crippen LogP contribution >= 0.6 is 0 Å². The molecule has 3 rings (SSSR count). The van der Waals surface area contributed by atoms with Crippen molar-refractivity contribution in [1.29, 1.82) is 5.26 Å². The summed E-state index contributed by atoms with van der Waals surface area (Å²) in [6.07, 6.45) is 5.14. The summed E-state index contributed by atoms with van der Waals surface area (Å²) >= 11 is 0. The minimum atomic E-state index is 0.623. The second-order valence-corrected chi connectivity index (χ2v) is 5.71. The molecular weight excluding hydrogens is 234 g/mol. The zero-order chi connectivity index (χ0) is 13.2. The van der Waals surface area contributed by atoms with Gasteiger partial charge in [-0.3, -0.25) is 0 Å². The first-order valence-corrected chi connectivity index (χ1v) is 7.33. The number of anilines is 1. The highest BCUT2D eigenvalue weighted by atomic mass is 15.2. The number of nitriles is 1. The first-order valence-electron chi connectivity index (χ1n) is 7.33. The summed E-state index contributed by atoms with van der Waals surface area (Å²) < 4.78 is 0. The molecule has 2 bridgehead atoms. The van der Waals surface area contributed by atoms with E-state index in [1.54, 1.807) is 0 Å². The highest BCUT2D eigenvalue weighted by Gasteiger charge is 2.35. The smallest absolute Gasteiger partial charge is 0.0992 e. The largest absolute Gasteiger partial charge is 0.369 e. The lowest BCUT2D eigenvalue weighted by Crippen LogP contribution is -2.48. The van der Waals surface area contributed by atoms with Crippen LogP contribution in [0.15, 0.2) is 24.3 Å². The fraction of sp³-hybridized carbons (Fsp3) is 0.562. The molecule has 0 aromatic heterocycles. The summed E-state index contributed by atoms with van der Waals surface area (Å²) in [6, 6.07) is 12.3. The fourth-order valence-electron chi connectivity index (χ4n) is 3.69. The van der Waals surface area contributed by atoms with Gasteiger partial charge < -0.3 is 10.2 Å². The third-order valence-electron chi connectivity index (χ3n) is 4.54. The molecule has 1 aromatic carbocycles. The molecule has 2 fully saturated rings. The van der Waals surface area contributed by atoms with Gasteiger partial charge in [-0.1, -0.05) is 6.07 Å². The minimum Gasteiger partial charge on any atom is -0.369 e. The predicted molar refractivity (Wildman–Crippen MR) is 77.1 cm³/mol. The van der Waals surface area contributed by atoms with Crippen LogP contribution < -0.4 is 10.2 Å². The molecule has 2 aliphatic rings.